The van der Waals surface area contributed by atoms with E-state index in [4.69, 9.17) is 10.00 Å². The molecule has 0 bridgehead atoms. The molecular weight excluding hydrogens is 452 g/mol. The van der Waals surface area contributed by atoms with Crippen LogP contribution in [0.1, 0.15) is 17.5 Å². The summed E-state index contributed by atoms with van der Waals surface area (Å²) >= 11 is 0. The molecule has 10 heteroatoms. The first-order valence-electron chi connectivity index (χ1n) is 9.73. The molecule has 0 spiro atoms. The Morgan fingerprint density at radius 1 is 1.00 bits per heavy atom. The standard InChI is InChI=1S/C23H19F2N3O4S/c24-21-8-7-20(13-22(21)25)33(30,31)27-10-9-23(29)28-18-5-2-6-19(12-18)32-15-17-4-1-3-16(11-17)14-26/h1-8,11-13,27H,9-10,15H2,(H,28,29). The maximum Gasteiger partial charge on any atom is 0.240 e. The molecule has 0 aliphatic heterocycles. The molecule has 7 nitrogen and oxygen atoms in total. The Hall–Kier alpha value is -3.81. The highest BCUT2D eigenvalue weighted by atomic mass is 32.2. The molecule has 0 heterocycles. The quantitative estimate of drug-likeness (QED) is 0.495. The number of hydrogen-bond acceptors (Lipinski definition) is 5. The minimum absolute atomic E-state index is 0.186. The van der Waals surface area contributed by atoms with Gasteiger partial charge in [0.2, 0.25) is 15.9 Å². The number of rotatable bonds is 9. The van der Waals surface area contributed by atoms with Crippen LogP contribution < -0.4 is 14.8 Å². The molecule has 0 aromatic heterocycles. The second kappa shape index (κ2) is 10.7. The molecule has 0 saturated heterocycles. The summed E-state index contributed by atoms with van der Waals surface area (Å²) in [5, 5.41) is 11.6. The fraction of sp³-hybridized carbons (Fsp3) is 0.130. The first-order valence-corrected chi connectivity index (χ1v) is 11.2. The zero-order chi connectivity index (χ0) is 23.8. The number of benzene rings is 3. The van der Waals surface area contributed by atoms with E-state index < -0.39 is 32.5 Å². The number of halogens is 2. The molecule has 1 amide bonds. The molecule has 170 valence electrons. The lowest BCUT2D eigenvalue weighted by molar-refractivity contribution is -0.116. The molecule has 33 heavy (non-hydrogen) atoms. The number of nitriles is 1. The highest BCUT2D eigenvalue weighted by Gasteiger charge is 2.16. The molecule has 0 aliphatic rings. The van der Waals surface area contributed by atoms with Crippen LogP contribution in [0.25, 0.3) is 0 Å². The Bertz CT molecular complexity index is 1310. The summed E-state index contributed by atoms with van der Waals surface area (Å²) in [6.45, 7) is -0.00271. The lowest BCUT2D eigenvalue weighted by atomic mass is 10.1. The van der Waals surface area contributed by atoms with Crippen molar-refractivity contribution in [1.82, 2.24) is 4.72 Å². The smallest absolute Gasteiger partial charge is 0.240 e. The predicted octanol–water partition coefficient (Wildman–Crippen LogP) is 3.72. The van der Waals surface area contributed by atoms with Crippen LogP contribution in [0, 0.1) is 23.0 Å². The van der Waals surface area contributed by atoms with Gasteiger partial charge in [-0.2, -0.15) is 5.26 Å². The average molecular weight is 471 g/mol. The Morgan fingerprint density at radius 2 is 1.79 bits per heavy atom. The second-order valence-electron chi connectivity index (χ2n) is 6.90. The number of nitrogens with one attached hydrogen (secondary N) is 2. The molecule has 3 aromatic rings. The van der Waals surface area contributed by atoms with E-state index in [1.165, 1.54) is 0 Å². The highest BCUT2D eigenvalue weighted by Crippen LogP contribution is 2.19. The summed E-state index contributed by atoms with van der Waals surface area (Å²) in [4.78, 5) is 11.7. The summed E-state index contributed by atoms with van der Waals surface area (Å²) < 4.78 is 58.4. The van der Waals surface area contributed by atoms with Crippen LogP contribution in [0.4, 0.5) is 14.5 Å². The van der Waals surface area contributed by atoms with E-state index in [0.29, 0.717) is 29.1 Å². The van der Waals surface area contributed by atoms with Crippen LogP contribution in [-0.4, -0.2) is 20.9 Å². The van der Waals surface area contributed by atoms with Crippen molar-refractivity contribution in [3.8, 4) is 11.8 Å². The average Bonchev–Trinajstić information content (AvgIpc) is 2.79. The van der Waals surface area contributed by atoms with E-state index in [1.807, 2.05) is 6.07 Å². The molecule has 0 atom stereocenters. The van der Waals surface area contributed by atoms with Gasteiger partial charge in [-0.1, -0.05) is 18.2 Å². The van der Waals surface area contributed by atoms with Crippen molar-refractivity contribution < 1.29 is 26.7 Å². The molecular formula is C23H19F2N3O4S. The number of anilines is 1. The van der Waals surface area contributed by atoms with Gasteiger partial charge < -0.3 is 10.1 Å². The summed E-state index contributed by atoms with van der Waals surface area (Å²) in [5.74, 6) is -2.40. The normalized spacial score (nSPS) is 10.9. The van der Waals surface area contributed by atoms with E-state index in [-0.39, 0.29) is 19.6 Å². The number of carbonyl (C=O) groups excluding carboxylic acids is 1. The van der Waals surface area contributed by atoms with Gasteiger partial charge >= 0.3 is 0 Å². The molecule has 3 aromatic carbocycles. The van der Waals surface area contributed by atoms with Crippen LogP contribution in [0.3, 0.4) is 0 Å². The van der Waals surface area contributed by atoms with Crippen molar-refractivity contribution in [2.45, 2.75) is 17.9 Å². The summed E-state index contributed by atoms with van der Waals surface area (Å²) in [6.07, 6.45) is -0.186. The van der Waals surface area contributed by atoms with Gasteiger partial charge in [0.1, 0.15) is 12.4 Å². The zero-order valence-electron chi connectivity index (χ0n) is 17.2. The van der Waals surface area contributed by atoms with Crippen molar-refractivity contribution in [3.05, 3.63) is 89.5 Å². The van der Waals surface area contributed by atoms with Gasteiger partial charge in [-0.15, -0.1) is 0 Å². The fourth-order valence-electron chi connectivity index (χ4n) is 2.81. The first-order chi connectivity index (χ1) is 15.8. The van der Waals surface area contributed by atoms with E-state index in [1.54, 1.807) is 42.5 Å². The van der Waals surface area contributed by atoms with Gasteiger partial charge in [-0.25, -0.2) is 21.9 Å². The third-order valence-electron chi connectivity index (χ3n) is 4.42. The lowest BCUT2D eigenvalue weighted by Crippen LogP contribution is -2.28. The van der Waals surface area contributed by atoms with Crippen LogP contribution in [0.5, 0.6) is 5.75 Å². The lowest BCUT2D eigenvalue weighted by Gasteiger charge is -2.10. The number of ether oxygens (including phenoxy) is 1. The fourth-order valence-corrected chi connectivity index (χ4v) is 3.85. The molecule has 0 radical (unpaired) electrons. The van der Waals surface area contributed by atoms with Crippen LogP contribution in [-0.2, 0) is 21.4 Å². The maximum absolute atomic E-state index is 13.3. The third kappa shape index (κ3) is 6.83. The van der Waals surface area contributed by atoms with E-state index in [2.05, 4.69) is 16.1 Å². The van der Waals surface area contributed by atoms with Crippen LogP contribution in [0.2, 0.25) is 0 Å². The SMILES string of the molecule is N#Cc1cccc(COc2cccc(NC(=O)CCNS(=O)(=O)c3ccc(F)c(F)c3)c2)c1. The van der Waals surface area contributed by atoms with E-state index in [9.17, 15) is 22.0 Å². The molecule has 0 fully saturated rings. The van der Waals surface area contributed by atoms with Crippen molar-refractivity contribution >= 4 is 21.6 Å². The minimum Gasteiger partial charge on any atom is -0.489 e. The summed E-state index contributed by atoms with van der Waals surface area (Å²) in [5.41, 5.74) is 1.79. The minimum atomic E-state index is -4.09. The molecule has 3 rings (SSSR count). The van der Waals surface area contributed by atoms with Gasteiger partial charge in [0, 0.05) is 24.7 Å². The van der Waals surface area contributed by atoms with Crippen molar-refractivity contribution in [2.75, 3.05) is 11.9 Å². The Morgan fingerprint density at radius 3 is 2.55 bits per heavy atom. The third-order valence-corrected chi connectivity index (χ3v) is 5.88. The topological polar surface area (TPSA) is 108 Å². The Labute approximate surface area is 189 Å². The zero-order valence-corrected chi connectivity index (χ0v) is 18.0. The van der Waals surface area contributed by atoms with Gasteiger partial charge in [-0.05, 0) is 48.0 Å². The summed E-state index contributed by atoms with van der Waals surface area (Å²) in [7, 11) is -4.09. The molecule has 0 unspecified atom stereocenters. The Balaban J connectivity index is 1.51. The van der Waals surface area contributed by atoms with Gasteiger partial charge in [0.15, 0.2) is 11.6 Å². The Kier molecular flexibility index (Phi) is 7.71. The number of nitrogens with zero attached hydrogens (tertiary/aromatic N) is 1. The van der Waals surface area contributed by atoms with E-state index in [0.717, 1.165) is 11.6 Å². The molecule has 0 saturated carbocycles. The number of sulfonamides is 1. The number of carbonyl (C=O) groups is 1. The number of amides is 1. The molecule has 2 N–H and O–H groups in total. The van der Waals surface area contributed by atoms with E-state index >= 15 is 0 Å². The predicted molar refractivity (Wildman–Crippen MR) is 117 cm³/mol. The van der Waals surface area contributed by atoms with Crippen molar-refractivity contribution in [3.63, 3.8) is 0 Å². The molecule has 0 aliphatic carbocycles. The highest BCUT2D eigenvalue weighted by molar-refractivity contribution is 7.89. The largest absolute Gasteiger partial charge is 0.489 e. The van der Waals surface area contributed by atoms with Crippen molar-refractivity contribution in [1.29, 1.82) is 5.26 Å². The van der Waals surface area contributed by atoms with Crippen LogP contribution >= 0.6 is 0 Å². The first kappa shape index (κ1) is 23.8. The van der Waals surface area contributed by atoms with Gasteiger partial charge in [0.05, 0.1) is 16.5 Å². The summed E-state index contributed by atoms with van der Waals surface area (Å²) in [6, 6.07) is 17.9. The second-order valence-corrected chi connectivity index (χ2v) is 8.67. The maximum atomic E-state index is 13.3. The van der Waals surface area contributed by atoms with Gasteiger partial charge in [-0.3, -0.25) is 4.79 Å². The van der Waals surface area contributed by atoms with Crippen molar-refractivity contribution in [2.24, 2.45) is 0 Å². The van der Waals surface area contributed by atoms with Crippen LogP contribution in [0.15, 0.2) is 71.6 Å². The van der Waals surface area contributed by atoms with Gasteiger partial charge in [0.25, 0.3) is 0 Å². The number of hydrogen-bond donors (Lipinski definition) is 2. The monoisotopic (exact) mass is 471 g/mol.